The van der Waals surface area contributed by atoms with E-state index in [1.165, 1.54) is 0 Å². The van der Waals surface area contributed by atoms with E-state index in [1.807, 2.05) is 6.92 Å². The Bertz CT molecular complexity index is 387. The Kier molecular flexibility index (Phi) is 3.14. The molecular weight excluding hydrogens is 224 g/mol. The molecule has 0 saturated heterocycles. The van der Waals surface area contributed by atoms with Gasteiger partial charge in [0.15, 0.2) is 5.16 Å². The van der Waals surface area contributed by atoms with E-state index in [1.54, 1.807) is 24.2 Å². The zero-order valence-corrected chi connectivity index (χ0v) is 9.96. The molecule has 1 heterocycles. The molecule has 1 aromatic rings. The number of aryl methyl sites for hydroxylation is 1. The molecule has 1 fully saturated rings. The van der Waals surface area contributed by atoms with Gasteiger partial charge in [-0.1, -0.05) is 11.8 Å². The maximum absolute atomic E-state index is 10.7. The number of hydrogen-bond donors (Lipinski definition) is 1. The van der Waals surface area contributed by atoms with E-state index in [9.17, 15) is 4.79 Å². The quantitative estimate of drug-likeness (QED) is 0.629. The molecule has 0 aliphatic heterocycles. The number of aliphatic carboxylic acids is 1. The van der Waals surface area contributed by atoms with Crippen LogP contribution in [-0.2, 0) is 4.79 Å². The molecule has 1 N–H and O–H groups in total. The Hall–Kier alpha value is -1.10. The number of hydrogen-bond acceptors (Lipinski definition) is 4. The minimum atomic E-state index is -0.706. The predicted molar refractivity (Wildman–Crippen MR) is 61.4 cm³/mol. The van der Waals surface area contributed by atoms with Gasteiger partial charge >= 0.3 is 5.97 Å². The Morgan fingerprint density at radius 1 is 1.50 bits per heavy atom. The van der Waals surface area contributed by atoms with Gasteiger partial charge in [0.1, 0.15) is 0 Å². The highest BCUT2D eigenvalue weighted by molar-refractivity contribution is 7.99. The van der Waals surface area contributed by atoms with E-state index >= 15 is 0 Å². The summed E-state index contributed by atoms with van der Waals surface area (Å²) in [5, 5.41) is 9.52. The standard InChI is InChI=1S/C11H14N2O2S/c1-8-5-12-10(13-6-8)16-7-11(2-3-11)4-9(14)15/h5-6H,2-4,7H2,1H3,(H,14,15). The average molecular weight is 238 g/mol. The molecule has 1 aliphatic rings. The first-order chi connectivity index (χ1) is 7.60. The fourth-order valence-corrected chi connectivity index (χ4v) is 2.62. The number of carbonyl (C=O) groups is 1. The van der Waals surface area contributed by atoms with Crippen LogP contribution in [0.1, 0.15) is 24.8 Å². The summed E-state index contributed by atoms with van der Waals surface area (Å²) in [7, 11) is 0. The highest BCUT2D eigenvalue weighted by atomic mass is 32.2. The van der Waals surface area contributed by atoms with Crippen LogP contribution in [0.3, 0.4) is 0 Å². The van der Waals surface area contributed by atoms with E-state index in [0.29, 0.717) is 0 Å². The van der Waals surface area contributed by atoms with Gasteiger partial charge in [0.25, 0.3) is 0 Å². The Balaban J connectivity index is 1.87. The maximum Gasteiger partial charge on any atom is 0.303 e. The SMILES string of the molecule is Cc1cnc(SCC2(CC(=O)O)CC2)nc1. The smallest absolute Gasteiger partial charge is 0.303 e. The van der Waals surface area contributed by atoms with Gasteiger partial charge in [0.05, 0.1) is 6.42 Å². The summed E-state index contributed by atoms with van der Waals surface area (Å²) < 4.78 is 0. The van der Waals surface area contributed by atoms with Crippen molar-refractivity contribution >= 4 is 17.7 Å². The summed E-state index contributed by atoms with van der Waals surface area (Å²) in [6, 6.07) is 0. The number of rotatable bonds is 5. The molecular formula is C11H14N2O2S. The van der Waals surface area contributed by atoms with Crippen molar-refractivity contribution in [2.75, 3.05) is 5.75 Å². The predicted octanol–water partition coefficient (Wildman–Crippen LogP) is 2.13. The van der Waals surface area contributed by atoms with Crippen LogP contribution in [0.2, 0.25) is 0 Å². The highest BCUT2D eigenvalue weighted by Crippen LogP contribution is 2.51. The third kappa shape index (κ3) is 2.95. The van der Waals surface area contributed by atoms with Crippen molar-refractivity contribution < 1.29 is 9.90 Å². The third-order valence-electron chi connectivity index (χ3n) is 2.75. The van der Waals surface area contributed by atoms with Crippen molar-refractivity contribution in [3.05, 3.63) is 18.0 Å². The first-order valence-corrected chi connectivity index (χ1v) is 6.21. The van der Waals surface area contributed by atoms with Crippen LogP contribution in [0, 0.1) is 12.3 Å². The van der Waals surface area contributed by atoms with Gasteiger partial charge in [-0.05, 0) is 30.7 Å². The summed E-state index contributed by atoms with van der Waals surface area (Å²) in [5.74, 6) is 0.102. The second-order valence-corrected chi connectivity index (χ2v) is 5.34. The number of nitrogens with zero attached hydrogens (tertiary/aromatic N) is 2. The lowest BCUT2D eigenvalue weighted by molar-refractivity contribution is -0.138. The second kappa shape index (κ2) is 4.41. The van der Waals surface area contributed by atoms with Gasteiger partial charge in [-0.15, -0.1) is 0 Å². The second-order valence-electron chi connectivity index (χ2n) is 4.40. The summed E-state index contributed by atoms with van der Waals surface area (Å²) >= 11 is 1.55. The molecule has 5 heteroatoms. The number of carboxylic acids is 1. The molecule has 1 aliphatic carbocycles. The molecule has 0 radical (unpaired) electrons. The van der Waals surface area contributed by atoms with E-state index in [4.69, 9.17) is 5.11 Å². The molecule has 2 rings (SSSR count). The fraction of sp³-hybridized carbons (Fsp3) is 0.545. The van der Waals surface area contributed by atoms with Crippen molar-refractivity contribution in [3.63, 3.8) is 0 Å². The minimum absolute atomic E-state index is 0.00471. The first kappa shape index (κ1) is 11.4. The number of carboxylic acid groups (broad SMARTS) is 1. The molecule has 16 heavy (non-hydrogen) atoms. The molecule has 4 nitrogen and oxygen atoms in total. The van der Waals surface area contributed by atoms with E-state index < -0.39 is 5.97 Å². The van der Waals surface area contributed by atoms with Crippen LogP contribution in [0.25, 0.3) is 0 Å². The van der Waals surface area contributed by atoms with Crippen molar-refractivity contribution in [3.8, 4) is 0 Å². The molecule has 0 unspecified atom stereocenters. The van der Waals surface area contributed by atoms with Gasteiger partial charge in [0, 0.05) is 18.1 Å². The van der Waals surface area contributed by atoms with Crippen LogP contribution in [0.4, 0.5) is 0 Å². The van der Waals surface area contributed by atoms with E-state index in [-0.39, 0.29) is 11.8 Å². The average Bonchev–Trinajstić information content (AvgIpc) is 2.97. The van der Waals surface area contributed by atoms with Crippen LogP contribution in [0.15, 0.2) is 17.6 Å². The van der Waals surface area contributed by atoms with Crippen LogP contribution in [0.5, 0.6) is 0 Å². The van der Waals surface area contributed by atoms with Gasteiger partial charge in [-0.3, -0.25) is 4.79 Å². The highest BCUT2D eigenvalue weighted by Gasteiger charge is 2.44. The van der Waals surface area contributed by atoms with Crippen molar-refractivity contribution in [1.29, 1.82) is 0 Å². The van der Waals surface area contributed by atoms with Crippen molar-refractivity contribution in [2.24, 2.45) is 5.41 Å². The summed E-state index contributed by atoms with van der Waals surface area (Å²) in [6.45, 7) is 1.95. The van der Waals surface area contributed by atoms with Crippen LogP contribution in [-0.4, -0.2) is 26.8 Å². The normalized spacial score (nSPS) is 17.1. The first-order valence-electron chi connectivity index (χ1n) is 5.23. The molecule has 0 amide bonds. The van der Waals surface area contributed by atoms with Crippen LogP contribution < -0.4 is 0 Å². The molecule has 0 spiro atoms. The fourth-order valence-electron chi connectivity index (χ4n) is 1.54. The Morgan fingerprint density at radius 2 is 2.12 bits per heavy atom. The number of aromatic nitrogens is 2. The summed E-state index contributed by atoms with van der Waals surface area (Å²) in [5.41, 5.74) is 1.04. The lowest BCUT2D eigenvalue weighted by atomic mass is 10.1. The van der Waals surface area contributed by atoms with Crippen molar-refractivity contribution in [1.82, 2.24) is 9.97 Å². The third-order valence-corrected chi connectivity index (χ3v) is 3.97. The lowest BCUT2D eigenvalue weighted by Crippen LogP contribution is -2.11. The Labute approximate surface area is 98.5 Å². The van der Waals surface area contributed by atoms with Crippen LogP contribution >= 0.6 is 11.8 Å². The Morgan fingerprint density at radius 3 is 2.62 bits per heavy atom. The molecule has 1 aromatic heterocycles. The zero-order chi connectivity index (χ0) is 11.6. The summed E-state index contributed by atoms with van der Waals surface area (Å²) in [6.07, 6.45) is 5.86. The zero-order valence-electron chi connectivity index (χ0n) is 9.14. The number of thioether (sulfide) groups is 1. The minimum Gasteiger partial charge on any atom is -0.481 e. The molecule has 86 valence electrons. The monoisotopic (exact) mass is 238 g/mol. The molecule has 0 aromatic carbocycles. The van der Waals surface area contributed by atoms with E-state index in [0.717, 1.165) is 29.3 Å². The van der Waals surface area contributed by atoms with Gasteiger partial charge < -0.3 is 5.11 Å². The summed E-state index contributed by atoms with van der Waals surface area (Å²) in [4.78, 5) is 19.1. The molecule has 1 saturated carbocycles. The van der Waals surface area contributed by atoms with E-state index in [2.05, 4.69) is 9.97 Å². The van der Waals surface area contributed by atoms with Gasteiger partial charge in [-0.2, -0.15) is 0 Å². The molecule has 0 atom stereocenters. The van der Waals surface area contributed by atoms with Gasteiger partial charge in [0.2, 0.25) is 0 Å². The topological polar surface area (TPSA) is 63.1 Å². The maximum atomic E-state index is 10.7. The van der Waals surface area contributed by atoms with Gasteiger partial charge in [-0.25, -0.2) is 9.97 Å². The lowest BCUT2D eigenvalue weighted by Gasteiger charge is -2.10. The largest absolute Gasteiger partial charge is 0.481 e. The van der Waals surface area contributed by atoms with Crippen molar-refractivity contribution in [2.45, 2.75) is 31.3 Å². The molecule has 0 bridgehead atoms.